The Balaban J connectivity index is 0.889. The van der Waals surface area contributed by atoms with E-state index in [1.54, 1.807) is 0 Å². The van der Waals surface area contributed by atoms with Crippen molar-refractivity contribution >= 4 is 16.4 Å². The van der Waals surface area contributed by atoms with Crippen LogP contribution in [0, 0.1) is 23.7 Å². The van der Waals surface area contributed by atoms with Crippen molar-refractivity contribution in [2.75, 3.05) is 37.7 Å². The van der Waals surface area contributed by atoms with E-state index >= 15 is 0 Å². The van der Waals surface area contributed by atoms with Crippen LogP contribution in [0.1, 0.15) is 75.7 Å². The molecule has 0 aromatic heterocycles. The Morgan fingerprint density at radius 1 is 0.917 bits per heavy atom. The van der Waals surface area contributed by atoms with Crippen LogP contribution in [0.3, 0.4) is 0 Å². The Morgan fingerprint density at radius 3 is 2.25 bits per heavy atom. The van der Waals surface area contributed by atoms with Gasteiger partial charge in [0.05, 0.1) is 6.61 Å². The Hall–Kier alpha value is -0.920. The Bertz CT molecular complexity index is 918. The van der Waals surface area contributed by atoms with Crippen molar-refractivity contribution in [1.29, 1.82) is 0 Å². The van der Waals surface area contributed by atoms with E-state index in [1.165, 1.54) is 62.3 Å². The van der Waals surface area contributed by atoms with Gasteiger partial charge in [0, 0.05) is 55.8 Å². The van der Waals surface area contributed by atoms with E-state index in [-0.39, 0.29) is 0 Å². The molecular formula is C30H43NO4S. The summed E-state index contributed by atoms with van der Waals surface area (Å²) in [6, 6.07) is 8.85. The van der Waals surface area contributed by atoms with Crippen molar-refractivity contribution < 1.29 is 19.2 Å². The molecule has 2 spiro atoms. The number of hydrogen-bond acceptors (Lipinski definition) is 5. The SMILES string of the molecule is C=S1CCN(CCCOc2ccc(C3CCC4(CC3)OOC3(O4)C4CC5CC(C4)CC3C5)cc2)CC1. The summed E-state index contributed by atoms with van der Waals surface area (Å²) in [5.74, 6) is 10.2. The van der Waals surface area contributed by atoms with E-state index in [1.807, 2.05) is 0 Å². The number of rotatable bonds is 6. The van der Waals surface area contributed by atoms with Gasteiger partial charge in [-0.25, -0.2) is 0 Å². The van der Waals surface area contributed by atoms with Crippen molar-refractivity contribution in [2.45, 2.75) is 81.7 Å². The van der Waals surface area contributed by atoms with Gasteiger partial charge in [-0.1, -0.05) is 18.0 Å². The monoisotopic (exact) mass is 513 g/mol. The molecule has 8 rings (SSSR count). The molecule has 2 saturated heterocycles. The fourth-order valence-electron chi connectivity index (χ4n) is 8.45. The van der Waals surface area contributed by atoms with Gasteiger partial charge >= 0.3 is 0 Å². The highest BCUT2D eigenvalue weighted by atomic mass is 32.2. The predicted molar refractivity (Wildman–Crippen MR) is 144 cm³/mol. The molecule has 0 unspecified atom stereocenters. The van der Waals surface area contributed by atoms with Gasteiger partial charge in [-0.05, 0) is 86.8 Å². The third kappa shape index (κ3) is 4.49. The van der Waals surface area contributed by atoms with Crippen molar-refractivity contribution in [1.82, 2.24) is 4.90 Å². The van der Waals surface area contributed by atoms with E-state index in [9.17, 15) is 0 Å². The zero-order chi connectivity index (χ0) is 24.2. The second-order valence-electron chi connectivity index (χ2n) is 12.6. The van der Waals surface area contributed by atoms with Crippen molar-refractivity contribution in [2.24, 2.45) is 23.7 Å². The Morgan fingerprint density at radius 2 is 1.58 bits per heavy atom. The largest absolute Gasteiger partial charge is 0.494 e. The normalized spacial score (nSPS) is 42.5. The van der Waals surface area contributed by atoms with Crippen LogP contribution in [0.4, 0.5) is 0 Å². The molecule has 7 aliphatic rings. The highest BCUT2D eigenvalue weighted by Gasteiger charge is 2.66. The molecule has 1 aromatic carbocycles. The first kappa shape index (κ1) is 24.1. The van der Waals surface area contributed by atoms with Gasteiger partial charge in [0.15, 0.2) is 0 Å². The summed E-state index contributed by atoms with van der Waals surface area (Å²) in [4.78, 5) is 14.9. The molecule has 0 amide bonds. The number of benzene rings is 1. The lowest BCUT2D eigenvalue weighted by molar-refractivity contribution is -0.390. The first-order valence-electron chi connectivity index (χ1n) is 14.6. The standard InChI is InChI=1S/C30H43NO4S/c1-36-15-12-31(13-16-36)11-2-14-32-28-5-3-24(4-6-28)25-7-9-29(10-8-25)33-30(35-34-29)26-18-22-17-23(20-26)21-27(30)19-22/h3-6,22-23,25-27H,1-2,7-21H2. The maximum atomic E-state index is 6.89. The van der Waals surface area contributed by atoms with Gasteiger partial charge in [0.25, 0.3) is 0 Å². The molecule has 1 aromatic rings. The Labute approximate surface area is 219 Å². The van der Waals surface area contributed by atoms with Crippen LogP contribution in [0.5, 0.6) is 5.75 Å². The summed E-state index contributed by atoms with van der Waals surface area (Å²) >= 11 is 0. The smallest absolute Gasteiger partial charge is 0.210 e. The summed E-state index contributed by atoms with van der Waals surface area (Å²) in [7, 11) is 0.398. The van der Waals surface area contributed by atoms with Crippen LogP contribution in [0.25, 0.3) is 0 Å². The molecule has 2 aliphatic heterocycles. The minimum absolute atomic E-state index is 0.398. The van der Waals surface area contributed by atoms with Crippen LogP contribution in [-0.2, 0) is 14.5 Å². The average Bonchev–Trinajstić information content (AvgIpc) is 3.26. The molecule has 198 valence electrons. The van der Waals surface area contributed by atoms with Gasteiger partial charge in [-0.15, -0.1) is 0 Å². The maximum absolute atomic E-state index is 6.89. The highest BCUT2D eigenvalue weighted by molar-refractivity contribution is 8.14. The summed E-state index contributed by atoms with van der Waals surface area (Å²) in [6.07, 6.45) is 11.7. The molecule has 5 aliphatic carbocycles. The minimum atomic E-state index is -0.516. The molecule has 5 nitrogen and oxygen atoms in total. The summed E-state index contributed by atoms with van der Waals surface area (Å²) in [6.45, 7) is 4.33. The molecule has 5 saturated carbocycles. The number of nitrogens with zero attached hydrogens (tertiary/aromatic N) is 1. The fourth-order valence-corrected chi connectivity index (χ4v) is 9.69. The van der Waals surface area contributed by atoms with E-state index < -0.39 is 11.6 Å². The summed E-state index contributed by atoms with van der Waals surface area (Å²) in [5, 5.41) is 0. The third-order valence-corrected chi connectivity index (χ3v) is 11.8. The highest BCUT2D eigenvalue weighted by Crippen LogP contribution is 2.64. The lowest BCUT2D eigenvalue weighted by Gasteiger charge is -2.57. The van der Waals surface area contributed by atoms with Crippen molar-refractivity contribution in [3.05, 3.63) is 29.8 Å². The first-order chi connectivity index (χ1) is 17.6. The molecule has 2 heterocycles. The van der Waals surface area contributed by atoms with Gasteiger partial charge in [0.2, 0.25) is 11.6 Å². The quantitative estimate of drug-likeness (QED) is 0.267. The zero-order valence-corrected chi connectivity index (χ0v) is 22.5. The van der Waals surface area contributed by atoms with E-state index in [0.29, 0.717) is 28.2 Å². The molecule has 36 heavy (non-hydrogen) atoms. The summed E-state index contributed by atoms with van der Waals surface area (Å²) in [5.41, 5.74) is 1.41. The molecule has 7 fully saturated rings. The predicted octanol–water partition coefficient (Wildman–Crippen LogP) is 5.96. The van der Waals surface area contributed by atoms with Crippen LogP contribution in [-0.4, -0.2) is 60.1 Å². The zero-order valence-electron chi connectivity index (χ0n) is 21.7. The van der Waals surface area contributed by atoms with E-state index in [2.05, 4.69) is 35.0 Å². The van der Waals surface area contributed by atoms with Crippen LogP contribution in [0.2, 0.25) is 0 Å². The lowest BCUT2D eigenvalue weighted by atomic mass is 9.53. The molecule has 6 heteroatoms. The Kier molecular flexibility index (Phi) is 6.49. The lowest BCUT2D eigenvalue weighted by Crippen LogP contribution is -2.59. The molecule has 0 N–H and O–H groups in total. The van der Waals surface area contributed by atoms with E-state index in [4.69, 9.17) is 19.2 Å². The second-order valence-corrected chi connectivity index (χ2v) is 14.7. The van der Waals surface area contributed by atoms with Gasteiger partial charge in [-0.2, -0.15) is 20.3 Å². The first-order valence-corrected chi connectivity index (χ1v) is 16.3. The van der Waals surface area contributed by atoms with Crippen LogP contribution in [0.15, 0.2) is 24.3 Å². The van der Waals surface area contributed by atoms with Crippen LogP contribution >= 0.6 is 10.5 Å². The van der Waals surface area contributed by atoms with Gasteiger partial charge in [0.1, 0.15) is 5.75 Å². The number of hydrogen-bond donors (Lipinski definition) is 0. The topological polar surface area (TPSA) is 40.2 Å². The third-order valence-electron chi connectivity index (χ3n) is 10.3. The fraction of sp³-hybridized carbons (Fsp3) is 0.767. The van der Waals surface area contributed by atoms with Crippen molar-refractivity contribution in [3.8, 4) is 5.75 Å². The average molecular weight is 514 g/mol. The van der Waals surface area contributed by atoms with Crippen molar-refractivity contribution in [3.63, 3.8) is 0 Å². The maximum Gasteiger partial charge on any atom is 0.210 e. The molecule has 0 radical (unpaired) electrons. The van der Waals surface area contributed by atoms with Gasteiger partial charge in [-0.3, -0.25) is 0 Å². The molecule has 0 atom stereocenters. The second kappa shape index (κ2) is 9.68. The number of ether oxygens (including phenoxy) is 2. The molecule has 4 bridgehead atoms. The van der Waals surface area contributed by atoms with Gasteiger partial charge < -0.3 is 14.4 Å². The van der Waals surface area contributed by atoms with E-state index in [0.717, 1.165) is 62.8 Å². The molecular weight excluding hydrogens is 470 g/mol. The minimum Gasteiger partial charge on any atom is -0.494 e. The summed E-state index contributed by atoms with van der Waals surface area (Å²) < 4.78 is 12.9. The van der Waals surface area contributed by atoms with Crippen LogP contribution < -0.4 is 4.74 Å².